The quantitative estimate of drug-likeness (QED) is 0.836. The first-order chi connectivity index (χ1) is 8.67. The van der Waals surface area contributed by atoms with Crippen molar-refractivity contribution in [2.75, 3.05) is 13.1 Å². The summed E-state index contributed by atoms with van der Waals surface area (Å²) >= 11 is 0. The average Bonchev–Trinajstić information content (AvgIpc) is 2.61. The molecule has 1 heterocycles. The first-order valence-corrected chi connectivity index (χ1v) is 6.62. The van der Waals surface area contributed by atoms with Crippen LogP contribution in [0.5, 0.6) is 0 Å². The zero-order valence-electron chi connectivity index (χ0n) is 12.4. The Labute approximate surface area is 114 Å². The molecule has 0 aromatic heterocycles. The molecule has 1 atom stereocenters. The Morgan fingerprint density at radius 2 is 1.95 bits per heavy atom. The van der Waals surface area contributed by atoms with Crippen LogP contribution in [-0.2, 0) is 9.47 Å². The molecule has 19 heavy (non-hydrogen) atoms. The van der Waals surface area contributed by atoms with Gasteiger partial charge in [-0.2, -0.15) is 0 Å². The van der Waals surface area contributed by atoms with Crippen molar-refractivity contribution < 1.29 is 19.1 Å². The van der Waals surface area contributed by atoms with Crippen molar-refractivity contribution in [2.24, 2.45) is 0 Å². The second-order valence-corrected chi connectivity index (χ2v) is 6.01. The van der Waals surface area contributed by atoms with E-state index in [0.29, 0.717) is 19.5 Å². The molecule has 2 amide bonds. The highest BCUT2D eigenvalue weighted by Crippen LogP contribution is 2.15. The predicted octanol–water partition coefficient (Wildman–Crippen LogP) is 2.13. The van der Waals surface area contributed by atoms with E-state index < -0.39 is 11.7 Å². The Bertz CT molecular complexity index is 336. The fraction of sp³-hybridized carbons (Fsp3) is 0.846. The highest BCUT2D eigenvalue weighted by molar-refractivity contribution is 5.70. The third-order valence-electron chi connectivity index (χ3n) is 2.50. The number of carbonyl (C=O) groups excluding carboxylic acids is 2. The van der Waals surface area contributed by atoms with Crippen LogP contribution in [0.3, 0.4) is 0 Å². The van der Waals surface area contributed by atoms with Crippen LogP contribution in [0.25, 0.3) is 0 Å². The summed E-state index contributed by atoms with van der Waals surface area (Å²) in [6.45, 7) is 10.1. The van der Waals surface area contributed by atoms with Crippen LogP contribution in [0.1, 0.15) is 41.0 Å². The van der Waals surface area contributed by atoms with Gasteiger partial charge in [0.05, 0.1) is 12.1 Å². The minimum absolute atomic E-state index is 0.0706. The Morgan fingerprint density at radius 1 is 1.32 bits per heavy atom. The minimum Gasteiger partial charge on any atom is -0.447 e. The predicted molar refractivity (Wildman–Crippen MR) is 71.0 cm³/mol. The summed E-state index contributed by atoms with van der Waals surface area (Å²) in [4.78, 5) is 24.9. The van der Waals surface area contributed by atoms with Crippen molar-refractivity contribution in [2.45, 2.75) is 58.8 Å². The van der Waals surface area contributed by atoms with E-state index in [1.54, 1.807) is 18.7 Å². The van der Waals surface area contributed by atoms with Crippen molar-refractivity contribution in [1.29, 1.82) is 0 Å². The number of likely N-dealkylation sites (tertiary alicyclic amines) is 1. The van der Waals surface area contributed by atoms with Crippen LogP contribution >= 0.6 is 0 Å². The van der Waals surface area contributed by atoms with E-state index in [0.717, 1.165) is 0 Å². The Kier molecular flexibility index (Phi) is 5.03. The average molecular weight is 272 g/mol. The van der Waals surface area contributed by atoms with Crippen molar-refractivity contribution in [3.8, 4) is 0 Å². The lowest BCUT2D eigenvalue weighted by atomic mass is 10.2. The molecule has 6 nitrogen and oxygen atoms in total. The van der Waals surface area contributed by atoms with Gasteiger partial charge in [-0.25, -0.2) is 9.59 Å². The number of rotatable bonds is 2. The molecule has 1 aliphatic heterocycles. The van der Waals surface area contributed by atoms with E-state index in [2.05, 4.69) is 5.32 Å². The molecule has 1 fully saturated rings. The molecule has 0 radical (unpaired) electrons. The molecule has 1 aliphatic rings. The number of alkyl carbamates (subject to hydrolysis) is 1. The number of ether oxygens (including phenoxy) is 2. The van der Waals surface area contributed by atoms with Crippen LogP contribution in [0.15, 0.2) is 0 Å². The lowest BCUT2D eigenvalue weighted by Crippen LogP contribution is -2.40. The molecule has 0 spiro atoms. The standard InChI is InChI=1S/C13H24N2O4/c1-9(2)18-11(16)14-10-6-7-15(8-10)12(17)19-13(3,4)5/h9-10H,6-8H2,1-5H3,(H,14,16)/t10-/m1/s1. The van der Waals surface area contributed by atoms with Crippen molar-refractivity contribution in [3.63, 3.8) is 0 Å². The zero-order chi connectivity index (χ0) is 14.6. The monoisotopic (exact) mass is 272 g/mol. The van der Waals surface area contributed by atoms with Gasteiger partial charge in [0.25, 0.3) is 0 Å². The minimum atomic E-state index is -0.501. The second kappa shape index (κ2) is 6.12. The third kappa shape index (κ3) is 5.81. The van der Waals surface area contributed by atoms with Gasteiger partial charge < -0.3 is 19.7 Å². The number of nitrogens with one attached hydrogen (secondary N) is 1. The highest BCUT2D eigenvalue weighted by Gasteiger charge is 2.30. The highest BCUT2D eigenvalue weighted by atomic mass is 16.6. The summed E-state index contributed by atoms with van der Waals surface area (Å²) in [5.74, 6) is 0. The third-order valence-corrected chi connectivity index (χ3v) is 2.50. The van der Waals surface area contributed by atoms with E-state index in [9.17, 15) is 9.59 Å². The number of hydrogen-bond donors (Lipinski definition) is 1. The largest absolute Gasteiger partial charge is 0.447 e. The second-order valence-electron chi connectivity index (χ2n) is 6.01. The topological polar surface area (TPSA) is 67.9 Å². The Hall–Kier alpha value is -1.46. The molecule has 1 saturated heterocycles. The van der Waals surface area contributed by atoms with Crippen LogP contribution in [-0.4, -0.2) is 47.9 Å². The van der Waals surface area contributed by atoms with E-state index in [4.69, 9.17) is 9.47 Å². The molecular weight excluding hydrogens is 248 g/mol. The summed E-state index contributed by atoms with van der Waals surface area (Å²) in [6, 6.07) is -0.0706. The first kappa shape index (κ1) is 15.6. The fourth-order valence-electron chi connectivity index (χ4n) is 1.79. The van der Waals surface area contributed by atoms with E-state index in [1.807, 2.05) is 20.8 Å². The van der Waals surface area contributed by atoms with Crippen LogP contribution in [0, 0.1) is 0 Å². The first-order valence-electron chi connectivity index (χ1n) is 6.62. The maximum Gasteiger partial charge on any atom is 0.410 e. The molecule has 110 valence electrons. The fourth-order valence-corrected chi connectivity index (χ4v) is 1.79. The smallest absolute Gasteiger partial charge is 0.410 e. The molecule has 0 aromatic rings. The summed E-state index contributed by atoms with van der Waals surface area (Å²) in [5, 5.41) is 2.75. The lowest BCUT2D eigenvalue weighted by molar-refractivity contribution is 0.0289. The van der Waals surface area contributed by atoms with Crippen molar-refractivity contribution >= 4 is 12.2 Å². The normalized spacial score (nSPS) is 19.5. The molecule has 0 unspecified atom stereocenters. The molecule has 1 N–H and O–H groups in total. The van der Waals surface area contributed by atoms with E-state index >= 15 is 0 Å². The SMILES string of the molecule is CC(C)OC(=O)N[C@@H]1CCN(C(=O)OC(C)(C)C)C1. The number of hydrogen-bond acceptors (Lipinski definition) is 4. The van der Waals surface area contributed by atoms with Gasteiger partial charge in [0, 0.05) is 13.1 Å². The summed E-state index contributed by atoms with van der Waals surface area (Å²) in [5.41, 5.74) is -0.501. The van der Waals surface area contributed by atoms with Crippen molar-refractivity contribution in [1.82, 2.24) is 10.2 Å². The molecular formula is C13H24N2O4. The zero-order valence-corrected chi connectivity index (χ0v) is 12.4. The van der Waals surface area contributed by atoms with Crippen molar-refractivity contribution in [3.05, 3.63) is 0 Å². The van der Waals surface area contributed by atoms with Gasteiger partial charge in [-0.1, -0.05) is 0 Å². The van der Waals surface area contributed by atoms with Crippen LogP contribution in [0.4, 0.5) is 9.59 Å². The van der Waals surface area contributed by atoms with E-state index in [1.165, 1.54) is 0 Å². The lowest BCUT2D eigenvalue weighted by Gasteiger charge is -2.24. The molecule has 0 aliphatic carbocycles. The Balaban J connectivity index is 2.37. The summed E-state index contributed by atoms with van der Waals surface area (Å²) < 4.78 is 10.3. The van der Waals surface area contributed by atoms with Gasteiger partial charge in [-0.3, -0.25) is 0 Å². The molecule has 1 rings (SSSR count). The van der Waals surface area contributed by atoms with Gasteiger partial charge in [-0.15, -0.1) is 0 Å². The van der Waals surface area contributed by atoms with Gasteiger partial charge >= 0.3 is 12.2 Å². The van der Waals surface area contributed by atoms with Gasteiger partial charge in [0.15, 0.2) is 0 Å². The number of carbonyl (C=O) groups is 2. The number of nitrogens with zero attached hydrogens (tertiary/aromatic N) is 1. The number of amides is 2. The molecule has 0 aromatic carbocycles. The maximum atomic E-state index is 11.8. The van der Waals surface area contributed by atoms with E-state index in [-0.39, 0.29) is 18.2 Å². The van der Waals surface area contributed by atoms with Gasteiger partial charge in [0.1, 0.15) is 5.60 Å². The van der Waals surface area contributed by atoms with Gasteiger partial charge in [0.2, 0.25) is 0 Å². The summed E-state index contributed by atoms with van der Waals surface area (Å²) in [6.07, 6.45) is -0.213. The molecule has 0 bridgehead atoms. The van der Waals surface area contributed by atoms with Crippen LogP contribution in [0.2, 0.25) is 0 Å². The van der Waals surface area contributed by atoms with Crippen LogP contribution < -0.4 is 5.32 Å². The Morgan fingerprint density at radius 3 is 2.47 bits per heavy atom. The summed E-state index contributed by atoms with van der Waals surface area (Å²) in [7, 11) is 0. The molecule has 6 heteroatoms. The maximum absolute atomic E-state index is 11.8. The molecule has 0 saturated carbocycles. The van der Waals surface area contributed by atoms with Gasteiger partial charge in [-0.05, 0) is 41.0 Å².